The van der Waals surface area contributed by atoms with Crippen molar-refractivity contribution in [1.82, 2.24) is 14.3 Å². The maximum Gasteiger partial charge on any atom is 0.137 e. The van der Waals surface area contributed by atoms with Crippen molar-refractivity contribution in [3.8, 4) is 0 Å². The molecule has 0 aliphatic carbocycles. The summed E-state index contributed by atoms with van der Waals surface area (Å²) in [5.41, 5.74) is 9.17. The smallest absolute Gasteiger partial charge is 0.137 e. The third-order valence-electron chi connectivity index (χ3n) is 4.26. The largest absolute Gasteiger partial charge is 0.325 e. The molecule has 0 saturated carbocycles. The molecule has 0 aromatic carbocycles. The van der Waals surface area contributed by atoms with Gasteiger partial charge in [-0.3, -0.25) is 0 Å². The van der Waals surface area contributed by atoms with E-state index < -0.39 is 0 Å². The van der Waals surface area contributed by atoms with Gasteiger partial charge in [-0.2, -0.15) is 0 Å². The van der Waals surface area contributed by atoms with Crippen LogP contribution in [0.25, 0.3) is 5.65 Å². The number of nitrogens with zero attached hydrogens (tertiary/aromatic N) is 3. The van der Waals surface area contributed by atoms with E-state index in [1.165, 1.54) is 31.6 Å². The summed E-state index contributed by atoms with van der Waals surface area (Å²) in [7, 11) is 0. The summed E-state index contributed by atoms with van der Waals surface area (Å²) in [6.07, 6.45) is 4.62. The normalized spacial score (nSPS) is 18.2. The first-order valence-electron chi connectivity index (χ1n) is 7.21. The minimum Gasteiger partial charge on any atom is -0.325 e. The van der Waals surface area contributed by atoms with Gasteiger partial charge >= 0.3 is 0 Å². The minimum atomic E-state index is 0.557. The highest BCUT2D eigenvalue weighted by Crippen LogP contribution is 2.27. The highest BCUT2D eigenvalue weighted by Gasteiger charge is 2.21. The number of piperidine rings is 1. The average Bonchev–Trinajstić information content (AvgIpc) is 2.91. The van der Waals surface area contributed by atoms with E-state index in [4.69, 9.17) is 10.7 Å². The Balaban J connectivity index is 1.86. The molecule has 1 aliphatic heterocycles. The van der Waals surface area contributed by atoms with Crippen molar-refractivity contribution in [2.75, 3.05) is 19.6 Å². The molecule has 4 heteroatoms. The molecule has 0 unspecified atom stereocenters. The van der Waals surface area contributed by atoms with Crippen LogP contribution in [0.1, 0.15) is 37.1 Å². The maximum absolute atomic E-state index is 5.78. The van der Waals surface area contributed by atoms with Gasteiger partial charge in [0.1, 0.15) is 5.65 Å². The first kappa shape index (κ1) is 12.6. The Morgan fingerprint density at radius 2 is 2.11 bits per heavy atom. The fraction of sp³-hybridized carbons (Fsp3) is 0.533. The monoisotopic (exact) mass is 258 g/mol. The molecule has 1 aliphatic rings. The number of imidazole rings is 1. The Labute approximate surface area is 114 Å². The number of hydrogen-bond donors (Lipinski definition) is 1. The van der Waals surface area contributed by atoms with Crippen LogP contribution in [-0.4, -0.2) is 33.9 Å². The van der Waals surface area contributed by atoms with Crippen molar-refractivity contribution in [2.45, 2.75) is 32.2 Å². The molecule has 19 heavy (non-hydrogen) atoms. The van der Waals surface area contributed by atoms with Gasteiger partial charge in [-0.05, 0) is 44.6 Å². The van der Waals surface area contributed by atoms with E-state index in [9.17, 15) is 0 Å². The Bertz CT molecular complexity index is 552. The fourth-order valence-electron chi connectivity index (χ4n) is 2.99. The lowest BCUT2D eigenvalue weighted by Gasteiger charge is -2.30. The van der Waals surface area contributed by atoms with Gasteiger partial charge in [0.25, 0.3) is 0 Å². The summed E-state index contributed by atoms with van der Waals surface area (Å²) in [6, 6.07) is 6.16. The van der Waals surface area contributed by atoms with Crippen LogP contribution in [0.5, 0.6) is 0 Å². The summed E-state index contributed by atoms with van der Waals surface area (Å²) >= 11 is 0. The molecular formula is C15H22N4. The lowest BCUT2D eigenvalue weighted by molar-refractivity contribution is 0.221. The van der Waals surface area contributed by atoms with Gasteiger partial charge in [-0.1, -0.05) is 13.0 Å². The van der Waals surface area contributed by atoms with Crippen LogP contribution < -0.4 is 5.73 Å². The molecule has 1 saturated heterocycles. The second-order valence-corrected chi connectivity index (χ2v) is 5.32. The minimum absolute atomic E-state index is 0.557. The van der Waals surface area contributed by atoms with Crippen molar-refractivity contribution in [3.05, 3.63) is 35.8 Å². The van der Waals surface area contributed by atoms with E-state index in [1.54, 1.807) is 0 Å². The highest BCUT2D eigenvalue weighted by molar-refractivity contribution is 5.42. The Hall–Kier alpha value is -1.39. The zero-order chi connectivity index (χ0) is 13.2. The van der Waals surface area contributed by atoms with Crippen molar-refractivity contribution in [2.24, 2.45) is 5.73 Å². The lowest BCUT2D eigenvalue weighted by Crippen LogP contribution is -2.32. The topological polar surface area (TPSA) is 46.6 Å². The molecule has 102 valence electrons. The quantitative estimate of drug-likeness (QED) is 0.916. The molecule has 0 spiro atoms. The molecule has 1 fully saturated rings. The molecule has 3 heterocycles. The summed E-state index contributed by atoms with van der Waals surface area (Å²) in [4.78, 5) is 7.30. The predicted octanol–water partition coefficient (Wildman–Crippen LogP) is 1.99. The van der Waals surface area contributed by atoms with Crippen LogP contribution in [0, 0.1) is 0 Å². The Morgan fingerprint density at radius 3 is 2.79 bits per heavy atom. The zero-order valence-corrected chi connectivity index (χ0v) is 11.5. The van der Waals surface area contributed by atoms with E-state index in [1.807, 2.05) is 6.07 Å². The standard InChI is InChI=1S/C15H22N4/c1-2-18-8-6-12(7-9-18)14-11-19-13(10-16)4-3-5-15(19)17-14/h3-5,11-12H,2,6-10,16H2,1H3. The highest BCUT2D eigenvalue weighted by atomic mass is 15.1. The van der Waals surface area contributed by atoms with E-state index in [0.717, 1.165) is 17.9 Å². The van der Waals surface area contributed by atoms with Crippen LogP contribution in [0.3, 0.4) is 0 Å². The molecule has 3 rings (SSSR count). The van der Waals surface area contributed by atoms with Crippen molar-refractivity contribution >= 4 is 5.65 Å². The molecule has 2 aromatic rings. The van der Waals surface area contributed by atoms with Gasteiger partial charge < -0.3 is 15.0 Å². The summed E-state index contributed by atoms with van der Waals surface area (Å²) < 4.78 is 2.14. The molecule has 0 radical (unpaired) electrons. The maximum atomic E-state index is 5.78. The van der Waals surface area contributed by atoms with Crippen LogP contribution in [0.2, 0.25) is 0 Å². The summed E-state index contributed by atoms with van der Waals surface area (Å²) in [6.45, 7) is 6.34. The van der Waals surface area contributed by atoms with Crippen LogP contribution in [0.15, 0.2) is 24.4 Å². The third-order valence-corrected chi connectivity index (χ3v) is 4.26. The number of nitrogens with two attached hydrogens (primary N) is 1. The third kappa shape index (κ3) is 2.38. The molecule has 0 bridgehead atoms. The Morgan fingerprint density at radius 1 is 1.32 bits per heavy atom. The van der Waals surface area contributed by atoms with Gasteiger partial charge in [0.15, 0.2) is 0 Å². The lowest BCUT2D eigenvalue weighted by atomic mass is 9.94. The molecule has 0 amide bonds. The first-order chi connectivity index (χ1) is 9.31. The number of fused-ring (bicyclic) bond motifs is 1. The first-order valence-corrected chi connectivity index (χ1v) is 7.21. The van der Waals surface area contributed by atoms with E-state index in [0.29, 0.717) is 12.5 Å². The van der Waals surface area contributed by atoms with Crippen molar-refractivity contribution in [1.29, 1.82) is 0 Å². The van der Waals surface area contributed by atoms with E-state index >= 15 is 0 Å². The number of rotatable bonds is 3. The molecular weight excluding hydrogens is 236 g/mol. The van der Waals surface area contributed by atoms with Gasteiger partial charge in [0.05, 0.1) is 5.69 Å². The Kier molecular flexibility index (Phi) is 3.53. The molecule has 0 atom stereocenters. The summed E-state index contributed by atoms with van der Waals surface area (Å²) in [5.74, 6) is 0.605. The van der Waals surface area contributed by atoms with E-state index in [2.05, 4.69) is 34.6 Å². The van der Waals surface area contributed by atoms with Gasteiger partial charge in [-0.25, -0.2) is 4.98 Å². The number of hydrogen-bond acceptors (Lipinski definition) is 3. The molecule has 2 aromatic heterocycles. The number of aromatic nitrogens is 2. The van der Waals surface area contributed by atoms with Gasteiger partial charge in [-0.15, -0.1) is 0 Å². The van der Waals surface area contributed by atoms with Crippen molar-refractivity contribution < 1.29 is 0 Å². The SMILES string of the molecule is CCN1CCC(c2cn3c(CN)cccc3n2)CC1. The van der Waals surface area contributed by atoms with E-state index in [-0.39, 0.29) is 0 Å². The van der Waals surface area contributed by atoms with Crippen LogP contribution in [-0.2, 0) is 6.54 Å². The predicted molar refractivity (Wildman–Crippen MR) is 77.2 cm³/mol. The van der Waals surface area contributed by atoms with Gasteiger partial charge in [0.2, 0.25) is 0 Å². The molecule has 2 N–H and O–H groups in total. The van der Waals surface area contributed by atoms with Crippen LogP contribution in [0.4, 0.5) is 0 Å². The second kappa shape index (κ2) is 5.31. The second-order valence-electron chi connectivity index (χ2n) is 5.32. The molecule has 4 nitrogen and oxygen atoms in total. The van der Waals surface area contributed by atoms with Gasteiger partial charge in [0, 0.05) is 24.4 Å². The number of pyridine rings is 1. The zero-order valence-electron chi connectivity index (χ0n) is 11.5. The average molecular weight is 258 g/mol. The summed E-state index contributed by atoms with van der Waals surface area (Å²) in [5, 5.41) is 0. The number of likely N-dealkylation sites (tertiary alicyclic amines) is 1. The van der Waals surface area contributed by atoms with Crippen molar-refractivity contribution in [3.63, 3.8) is 0 Å². The van der Waals surface area contributed by atoms with Crippen LogP contribution >= 0.6 is 0 Å². The fourth-order valence-corrected chi connectivity index (χ4v) is 2.99.